The van der Waals surface area contributed by atoms with Crippen LogP contribution in [0.5, 0.6) is 0 Å². The van der Waals surface area contributed by atoms with Crippen LogP contribution in [0, 0.1) is 13.8 Å². The van der Waals surface area contributed by atoms with Gasteiger partial charge in [0.2, 0.25) is 5.91 Å². The third-order valence-corrected chi connectivity index (χ3v) is 3.73. The van der Waals surface area contributed by atoms with Gasteiger partial charge >= 0.3 is 0 Å². The summed E-state index contributed by atoms with van der Waals surface area (Å²) in [5.41, 5.74) is 3.80. The van der Waals surface area contributed by atoms with Gasteiger partial charge in [-0.3, -0.25) is 10.1 Å². The van der Waals surface area contributed by atoms with Crippen LogP contribution in [0.1, 0.15) is 48.9 Å². The van der Waals surface area contributed by atoms with Crippen LogP contribution in [-0.2, 0) is 4.79 Å². The Hall–Kier alpha value is -1.35. The molecule has 2 N–H and O–H groups in total. The number of hydrogen-bond donors (Lipinski definition) is 2. The molecule has 1 aromatic rings. The molecule has 1 aliphatic heterocycles. The molecule has 104 valence electrons. The molecule has 0 saturated carbocycles. The molecule has 1 fully saturated rings. The molecule has 0 spiro atoms. The molecule has 0 aromatic heterocycles. The number of aryl methyl sites for hydroxylation is 2. The second kappa shape index (κ2) is 6.20. The molecule has 1 heterocycles. The van der Waals surface area contributed by atoms with Crippen molar-refractivity contribution in [3.63, 3.8) is 0 Å². The van der Waals surface area contributed by atoms with E-state index in [1.807, 2.05) is 0 Å². The van der Waals surface area contributed by atoms with E-state index in [0.29, 0.717) is 0 Å². The van der Waals surface area contributed by atoms with E-state index in [1.54, 1.807) is 0 Å². The molecule has 3 nitrogen and oxygen atoms in total. The van der Waals surface area contributed by atoms with E-state index in [0.717, 1.165) is 25.8 Å². The second-order valence-electron chi connectivity index (χ2n) is 5.65. The Labute approximate surface area is 115 Å². The van der Waals surface area contributed by atoms with E-state index >= 15 is 0 Å². The number of benzene rings is 1. The first-order valence-electron chi connectivity index (χ1n) is 7.18. The minimum absolute atomic E-state index is 0.0571. The lowest BCUT2D eigenvalue weighted by Gasteiger charge is -2.22. The molecule has 1 saturated heterocycles. The third kappa shape index (κ3) is 3.80. The van der Waals surface area contributed by atoms with E-state index in [1.165, 1.54) is 16.7 Å². The fourth-order valence-electron chi connectivity index (χ4n) is 2.76. The van der Waals surface area contributed by atoms with Gasteiger partial charge in [-0.25, -0.2) is 0 Å². The molecule has 1 aliphatic rings. The highest BCUT2D eigenvalue weighted by atomic mass is 16.2. The Morgan fingerprint density at radius 2 is 1.89 bits per heavy atom. The lowest BCUT2D eigenvalue weighted by atomic mass is 10.0. The number of carbonyl (C=O) groups excluding carboxylic acids is 1. The van der Waals surface area contributed by atoms with Gasteiger partial charge < -0.3 is 5.32 Å². The van der Waals surface area contributed by atoms with Crippen LogP contribution in [0.15, 0.2) is 18.2 Å². The van der Waals surface area contributed by atoms with Crippen LogP contribution in [0.25, 0.3) is 0 Å². The SMILES string of the molecule is Cc1cc(C)cc(C(C)NC2CCCCNC2=O)c1. The normalized spacial score (nSPS) is 21.6. The highest BCUT2D eigenvalue weighted by Crippen LogP contribution is 2.18. The number of rotatable bonds is 3. The number of carbonyl (C=O) groups is 1. The molecular weight excluding hydrogens is 236 g/mol. The Morgan fingerprint density at radius 1 is 1.21 bits per heavy atom. The maximum absolute atomic E-state index is 11.9. The van der Waals surface area contributed by atoms with Crippen LogP contribution < -0.4 is 10.6 Å². The average molecular weight is 260 g/mol. The quantitative estimate of drug-likeness (QED) is 0.877. The Balaban J connectivity index is 2.06. The topological polar surface area (TPSA) is 41.1 Å². The van der Waals surface area contributed by atoms with Gasteiger partial charge in [0, 0.05) is 12.6 Å². The Bertz CT molecular complexity index is 436. The fourth-order valence-corrected chi connectivity index (χ4v) is 2.76. The highest BCUT2D eigenvalue weighted by molar-refractivity contribution is 5.81. The number of nitrogens with one attached hydrogen (secondary N) is 2. The van der Waals surface area contributed by atoms with Crippen molar-refractivity contribution in [2.75, 3.05) is 6.54 Å². The van der Waals surface area contributed by atoms with Gasteiger partial charge in [-0.15, -0.1) is 0 Å². The first kappa shape index (κ1) is 14.1. The van der Waals surface area contributed by atoms with Crippen molar-refractivity contribution >= 4 is 5.91 Å². The molecular formula is C16H24N2O. The van der Waals surface area contributed by atoms with E-state index in [-0.39, 0.29) is 18.0 Å². The standard InChI is InChI=1S/C16H24N2O/c1-11-8-12(2)10-14(9-11)13(3)18-15-6-4-5-7-17-16(15)19/h8-10,13,15,18H,4-7H2,1-3H3,(H,17,19). The summed E-state index contributed by atoms with van der Waals surface area (Å²) in [6, 6.07) is 6.71. The van der Waals surface area contributed by atoms with Gasteiger partial charge in [0.15, 0.2) is 0 Å². The zero-order valence-electron chi connectivity index (χ0n) is 12.1. The molecule has 0 aliphatic carbocycles. The van der Waals surface area contributed by atoms with E-state index in [4.69, 9.17) is 0 Å². The molecule has 19 heavy (non-hydrogen) atoms. The van der Waals surface area contributed by atoms with Crippen molar-refractivity contribution in [2.24, 2.45) is 0 Å². The summed E-state index contributed by atoms with van der Waals surface area (Å²) in [7, 11) is 0. The summed E-state index contributed by atoms with van der Waals surface area (Å²) in [5.74, 6) is 0.147. The van der Waals surface area contributed by atoms with Gasteiger partial charge in [-0.1, -0.05) is 29.3 Å². The largest absolute Gasteiger partial charge is 0.355 e. The molecule has 3 heteroatoms. The van der Waals surface area contributed by atoms with Crippen molar-refractivity contribution in [3.8, 4) is 0 Å². The minimum atomic E-state index is -0.0571. The predicted octanol–water partition coefficient (Wildman–Crippen LogP) is 2.62. The molecule has 1 aromatic carbocycles. The van der Waals surface area contributed by atoms with Crippen molar-refractivity contribution in [3.05, 3.63) is 34.9 Å². The zero-order chi connectivity index (χ0) is 13.8. The summed E-state index contributed by atoms with van der Waals surface area (Å²) < 4.78 is 0. The van der Waals surface area contributed by atoms with Crippen LogP contribution in [0.3, 0.4) is 0 Å². The first-order valence-corrected chi connectivity index (χ1v) is 7.18. The Kier molecular flexibility index (Phi) is 4.59. The van der Waals surface area contributed by atoms with Crippen LogP contribution >= 0.6 is 0 Å². The van der Waals surface area contributed by atoms with E-state index in [9.17, 15) is 4.79 Å². The van der Waals surface area contributed by atoms with Gasteiger partial charge in [0.1, 0.15) is 0 Å². The van der Waals surface area contributed by atoms with Crippen LogP contribution in [0.4, 0.5) is 0 Å². The van der Waals surface area contributed by atoms with E-state index < -0.39 is 0 Å². The smallest absolute Gasteiger partial charge is 0.237 e. The first-order chi connectivity index (χ1) is 9.06. The zero-order valence-corrected chi connectivity index (χ0v) is 12.1. The van der Waals surface area contributed by atoms with Gasteiger partial charge in [0.05, 0.1) is 6.04 Å². The monoisotopic (exact) mass is 260 g/mol. The maximum atomic E-state index is 11.9. The molecule has 2 atom stereocenters. The average Bonchev–Trinajstić information content (AvgIpc) is 2.54. The summed E-state index contributed by atoms with van der Waals surface area (Å²) in [4.78, 5) is 11.9. The minimum Gasteiger partial charge on any atom is -0.355 e. The lowest BCUT2D eigenvalue weighted by molar-refractivity contribution is -0.123. The summed E-state index contributed by atoms with van der Waals surface area (Å²) in [6.07, 6.45) is 3.12. The van der Waals surface area contributed by atoms with Crippen molar-refractivity contribution < 1.29 is 4.79 Å². The number of hydrogen-bond acceptors (Lipinski definition) is 2. The summed E-state index contributed by atoms with van der Waals surface area (Å²) in [6.45, 7) is 7.17. The summed E-state index contributed by atoms with van der Waals surface area (Å²) in [5, 5.41) is 6.44. The van der Waals surface area contributed by atoms with Gasteiger partial charge in [0.25, 0.3) is 0 Å². The highest BCUT2D eigenvalue weighted by Gasteiger charge is 2.22. The van der Waals surface area contributed by atoms with Crippen molar-refractivity contribution in [2.45, 2.75) is 52.1 Å². The van der Waals surface area contributed by atoms with Gasteiger partial charge in [-0.05, 0) is 45.6 Å². The molecule has 1 amide bonds. The predicted molar refractivity (Wildman–Crippen MR) is 78.1 cm³/mol. The molecule has 0 bridgehead atoms. The fraction of sp³-hybridized carbons (Fsp3) is 0.562. The third-order valence-electron chi connectivity index (χ3n) is 3.73. The maximum Gasteiger partial charge on any atom is 0.237 e. The van der Waals surface area contributed by atoms with Crippen molar-refractivity contribution in [1.82, 2.24) is 10.6 Å². The van der Waals surface area contributed by atoms with Crippen molar-refractivity contribution in [1.29, 1.82) is 0 Å². The summed E-state index contributed by atoms with van der Waals surface area (Å²) >= 11 is 0. The van der Waals surface area contributed by atoms with Crippen LogP contribution in [0.2, 0.25) is 0 Å². The van der Waals surface area contributed by atoms with Gasteiger partial charge in [-0.2, -0.15) is 0 Å². The molecule has 0 radical (unpaired) electrons. The Morgan fingerprint density at radius 3 is 2.58 bits per heavy atom. The lowest BCUT2D eigenvalue weighted by Crippen LogP contribution is -2.43. The molecule has 2 rings (SSSR count). The van der Waals surface area contributed by atoms with E-state index in [2.05, 4.69) is 49.6 Å². The molecule has 2 unspecified atom stereocenters. The van der Waals surface area contributed by atoms with Crippen LogP contribution in [-0.4, -0.2) is 18.5 Å². The second-order valence-corrected chi connectivity index (χ2v) is 5.65. The number of amides is 1.